The van der Waals surface area contributed by atoms with Gasteiger partial charge >= 0.3 is 11.9 Å². The van der Waals surface area contributed by atoms with Gasteiger partial charge in [-0.25, -0.2) is 0 Å². The van der Waals surface area contributed by atoms with E-state index in [1.54, 1.807) is 0 Å². The van der Waals surface area contributed by atoms with Gasteiger partial charge in [0.05, 0.1) is 11.2 Å². The van der Waals surface area contributed by atoms with Crippen molar-refractivity contribution in [3.63, 3.8) is 0 Å². The van der Waals surface area contributed by atoms with Crippen LogP contribution in [0.5, 0.6) is 0 Å². The summed E-state index contributed by atoms with van der Waals surface area (Å²) in [4.78, 5) is 25.7. The highest BCUT2D eigenvalue weighted by Crippen LogP contribution is 2.56. The van der Waals surface area contributed by atoms with Crippen molar-refractivity contribution < 1.29 is 19.1 Å². The first-order valence-corrected chi connectivity index (χ1v) is 8.75. The van der Waals surface area contributed by atoms with Crippen LogP contribution in [0.25, 0.3) is 0 Å². The first kappa shape index (κ1) is 18.3. The fourth-order valence-electron chi connectivity index (χ4n) is 3.79. The van der Waals surface area contributed by atoms with Crippen molar-refractivity contribution in [2.75, 3.05) is 0 Å². The molecule has 129 valence electrons. The van der Waals surface area contributed by atoms with E-state index in [9.17, 15) is 9.59 Å². The van der Waals surface area contributed by atoms with Crippen molar-refractivity contribution in [1.29, 1.82) is 0 Å². The zero-order valence-electron chi connectivity index (χ0n) is 15.4. The Morgan fingerprint density at radius 3 is 2.13 bits per heavy atom. The average molecular weight is 321 g/mol. The van der Waals surface area contributed by atoms with Crippen molar-refractivity contribution in [2.24, 2.45) is 5.92 Å². The van der Waals surface area contributed by atoms with E-state index in [0.717, 1.165) is 19.3 Å². The lowest BCUT2D eigenvalue weighted by Gasteiger charge is -2.48. The fraction of sp³-hybridized carbons (Fsp3) is 0.889. The maximum atomic E-state index is 13.0. The van der Waals surface area contributed by atoms with Crippen molar-refractivity contribution in [2.45, 2.75) is 96.0 Å². The third-order valence-corrected chi connectivity index (χ3v) is 4.62. The molecule has 2 aliphatic heterocycles. The summed E-state index contributed by atoms with van der Waals surface area (Å²) >= 11 is 0. The number of fused-ring (bicyclic) bond motifs is 2. The SMILES string of the molecule is CC(C)(C)OC(=O)C1CCC2[B]C1(C(=O)OC(C)(C)C)CCC2. The van der Waals surface area contributed by atoms with Gasteiger partial charge in [-0.05, 0) is 54.4 Å². The van der Waals surface area contributed by atoms with Crippen LogP contribution in [0, 0.1) is 5.92 Å². The summed E-state index contributed by atoms with van der Waals surface area (Å²) < 4.78 is 11.3. The molecule has 0 aromatic carbocycles. The van der Waals surface area contributed by atoms with Crippen LogP contribution in [0.4, 0.5) is 0 Å². The van der Waals surface area contributed by atoms with E-state index >= 15 is 0 Å². The summed E-state index contributed by atoms with van der Waals surface area (Å²) in [6.07, 6.45) is 4.40. The normalized spacial score (nSPS) is 31.0. The van der Waals surface area contributed by atoms with Gasteiger partial charge in [0.25, 0.3) is 0 Å². The molecular formula is C18H30BO4. The third kappa shape index (κ3) is 4.30. The second-order valence-electron chi connectivity index (χ2n) is 9.02. The molecule has 3 atom stereocenters. The highest BCUT2D eigenvalue weighted by molar-refractivity contribution is 6.50. The molecule has 3 unspecified atom stereocenters. The number of carbonyl (C=O) groups excluding carboxylic acids is 2. The van der Waals surface area contributed by atoms with Crippen LogP contribution < -0.4 is 0 Å². The molecular weight excluding hydrogens is 291 g/mol. The Labute approximate surface area is 140 Å². The lowest BCUT2D eigenvalue weighted by atomic mass is 9.33. The molecule has 2 heterocycles. The predicted molar refractivity (Wildman–Crippen MR) is 90.5 cm³/mol. The molecule has 2 rings (SSSR count). The molecule has 2 saturated heterocycles. The summed E-state index contributed by atoms with van der Waals surface area (Å²) in [6.45, 7) is 11.2. The quantitative estimate of drug-likeness (QED) is 0.571. The summed E-state index contributed by atoms with van der Waals surface area (Å²) in [6, 6.07) is 0. The van der Waals surface area contributed by atoms with Crippen LogP contribution in [-0.2, 0) is 19.1 Å². The van der Waals surface area contributed by atoms with Gasteiger partial charge in [0.15, 0.2) is 0 Å². The highest BCUT2D eigenvalue weighted by Gasteiger charge is 2.56. The maximum Gasteiger partial charge on any atom is 0.309 e. The van der Waals surface area contributed by atoms with Gasteiger partial charge < -0.3 is 9.47 Å². The molecule has 5 heteroatoms. The second-order valence-corrected chi connectivity index (χ2v) is 9.02. The van der Waals surface area contributed by atoms with E-state index in [-0.39, 0.29) is 11.9 Å². The van der Waals surface area contributed by atoms with Crippen LogP contribution >= 0.6 is 0 Å². The monoisotopic (exact) mass is 321 g/mol. The Balaban J connectivity index is 2.28. The zero-order chi connectivity index (χ0) is 17.5. The van der Waals surface area contributed by atoms with Crippen LogP contribution in [0.1, 0.15) is 73.6 Å². The van der Waals surface area contributed by atoms with Crippen molar-refractivity contribution in [1.82, 2.24) is 0 Å². The molecule has 1 radical (unpaired) electrons. The summed E-state index contributed by atoms with van der Waals surface area (Å²) in [5, 5.41) is -0.809. The molecule has 23 heavy (non-hydrogen) atoms. The Hall–Kier alpha value is -0.995. The van der Waals surface area contributed by atoms with Crippen molar-refractivity contribution in [3.05, 3.63) is 0 Å². The molecule has 2 aliphatic rings. The summed E-state index contributed by atoms with van der Waals surface area (Å²) in [7, 11) is 2.10. The average Bonchev–Trinajstić information content (AvgIpc) is 2.34. The zero-order valence-corrected chi connectivity index (χ0v) is 15.4. The summed E-state index contributed by atoms with van der Waals surface area (Å²) in [5.74, 6) is -0.534. The molecule has 0 aliphatic carbocycles. The number of carbonyl (C=O) groups is 2. The Morgan fingerprint density at radius 2 is 1.57 bits per heavy atom. The van der Waals surface area contributed by atoms with E-state index in [0.29, 0.717) is 18.7 Å². The largest absolute Gasteiger partial charge is 0.460 e. The standard InChI is InChI=1S/C18H30BO4/c1-16(2,3)22-14(20)13-10-9-12-8-7-11-18(13,19-12)15(21)23-17(4,5)6/h12-13H,7-11H2,1-6H3. The van der Waals surface area contributed by atoms with E-state index in [2.05, 4.69) is 7.28 Å². The third-order valence-electron chi connectivity index (χ3n) is 4.62. The smallest absolute Gasteiger partial charge is 0.309 e. The lowest BCUT2D eigenvalue weighted by Crippen LogP contribution is -2.51. The number of hydrogen-bond donors (Lipinski definition) is 0. The Morgan fingerprint density at radius 1 is 0.957 bits per heavy atom. The lowest BCUT2D eigenvalue weighted by molar-refractivity contribution is -0.173. The van der Waals surface area contributed by atoms with E-state index < -0.39 is 22.4 Å². The fourth-order valence-corrected chi connectivity index (χ4v) is 3.79. The number of hydrogen-bond acceptors (Lipinski definition) is 4. The molecule has 2 fully saturated rings. The first-order chi connectivity index (χ1) is 10.4. The maximum absolute atomic E-state index is 13.0. The van der Waals surface area contributed by atoms with Crippen molar-refractivity contribution in [3.8, 4) is 0 Å². The predicted octanol–water partition coefficient (Wildman–Crippen LogP) is 3.92. The molecule has 0 aromatic heterocycles. The highest BCUT2D eigenvalue weighted by atomic mass is 16.6. The molecule has 0 aromatic rings. The number of rotatable bonds is 2. The Bertz CT molecular complexity index is 474. The van der Waals surface area contributed by atoms with Crippen molar-refractivity contribution >= 4 is 19.2 Å². The number of esters is 2. The topological polar surface area (TPSA) is 52.6 Å². The van der Waals surface area contributed by atoms with Crippen LogP contribution in [0.3, 0.4) is 0 Å². The molecule has 0 saturated carbocycles. The van der Waals surface area contributed by atoms with Crippen LogP contribution in [0.15, 0.2) is 0 Å². The molecule has 0 spiro atoms. The molecule has 4 nitrogen and oxygen atoms in total. The minimum Gasteiger partial charge on any atom is -0.460 e. The van der Waals surface area contributed by atoms with Gasteiger partial charge in [0.1, 0.15) is 18.5 Å². The minimum atomic E-state index is -0.809. The van der Waals surface area contributed by atoms with E-state index in [4.69, 9.17) is 9.47 Å². The van der Waals surface area contributed by atoms with Crippen LogP contribution in [-0.4, -0.2) is 30.4 Å². The minimum absolute atomic E-state index is 0.259. The van der Waals surface area contributed by atoms with Gasteiger partial charge in [0.2, 0.25) is 0 Å². The summed E-state index contributed by atoms with van der Waals surface area (Å²) in [5.41, 5.74) is -1.10. The second kappa shape index (κ2) is 6.14. The van der Waals surface area contributed by atoms with Crippen LogP contribution in [0.2, 0.25) is 11.1 Å². The van der Waals surface area contributed by atoms with Gasteiger partial charge in [0, 0.05) is 0 Å². The van der Waals surface area contributed by atoms with E-state index in [1.807, 2.05) is 41.5 Å². The van der Waals surface area contributed by atoms with Gasteiger partial charge in [-0.1, -0.05) is 25.1 Å². The van der Waals surface area contributed by atoms with Gasteiger partial charge in [-0.2, -0.15) is 0 Å². The first-order valence-electron chi connectivity index (χ1n) is 8.75. The van der Waals surface area contributed by atoms with Gasteiger partial charge in [-0.3, -0.25) is 9.59 Å². The van der Waals surface area contributed by atoms with E-state index in [1.165, 1.54) is 0 Å². The molecule has 0 amide bonds. The number of ether oxygens (including phenoxy) is 2. The van der Waals surface area contributed by atoms with Gasteiger partial charge in [-0.15, -0.1) is 0 Å². The molecule has 2 bridgehead atoms. The molecule has 0 N–H and O–H groups in total. The Kier molecular flexibility index (Phi) is 4.90.